The number of rotatable bonds is 2. The molecule has 2 atom stereocenters. The number of benzene rings is 1. The first-order valence-corrected chi connectivity index (χ1v) is 9.67. The zero-order chi connectivity index (χ0) is 17.7. The van der Waals surface area contributed by atoms with Gasteiger partial charge in [0, 0.05) is 12.0 Å². The van der Waals surface area contributed by atoms with Crippen LogP contribution in [0.1, 0.15) is 39.3 Å². The molecule has 2 aromatic rings. The lowest BCUT2D eigenvalue weighted by molar-refractivity contribution is 0.212. The van der Waals surface area contributed by atoms with Gasteiger partial charge >= 0.3 is 0 Å². The number of imidazole rings is 1. The van der Waals surface area contributed by atoms with Crippen molar-refractivity contribution < 1.29 is 0 Å². The Kier molecular flexibility index (Phi) is 3.74. The SMILES string of the molecule is CC(C)N1CN=C2NC(C3CC=CCC3)n3c(nc4ccccc43)N2C1. The Morgan fingerprint density at radius 1 is 1.19 bits per heavy atom. The van der Waals surface area contributed by atoms with E-state index in [1.165, 1.54) is 11.9 Å². The van der Waals surface area contributed by atoms with Crippen LogP contribution in [0.5, 0.6) is 0 Å². The van der Waals surface area contributed by atoms with Crippen molar-refractivity contribution in [3.8, 4) is 0 Å². The predicted octanol–water partition coefficient (Wildman–Crippen LogP) is 3.30. The Morgan fingerprint density at radius 3 is 2.88 bits per heavy atom. The number of aliphatic imine (C=N–C) groups is 1. The fraction of sp³-hybridized carbons (Fsp3) is 0.500. The molecule has 0 saturated carbocycles. The van der Waals surface area contributed by atoms with Gasteiger partial charge in [-0.15, -0.1) is 0 Å². The number of nitrogens with one attached hydrogen (secondary N) is 1. The molecule has 0 bridgehead atoms. The summed E-state index contributed by atoms with van der Waals surface area (Å²) in [4.78, 5) is 14.4. The summed E-state index contributed by atoms with van der Waals surface area (Å²) in [6.45, 7) is 6.01. The Bertz CT molecular complexity index is 880. The van der Waals surface area contributed by atoms with Crippen molar-refractivity contribution in [1.29, 1.82) is 0 Å². The fourth-order valence-corrected chi connectivity index (χ4v) is 4.27. The average molecular weight is 350 g/mol. The number of nitrogens with zero attached hydrogens (tertiary/aromatic N) is 5. The second kappa shape index (κ2) is 6.13. The van der Waals surface area contributed by atoms with Gasteiger partial charge in [0.1, 0.15) is 6.17 Å². The Balaban J connectivity index is 1.64. The van der Waals surface area contributed by atoms with Crippen LogP contribution in [-0.2, 0) is 0 Å². The van der Waals surface area contributed by atoms with Crippen LogP contribution < -0.4 is 10.2 Å². The minimum atomic E-state index is 0.211. The van der Waals surface area contributed by atoms with Crippen LogP contribution in [0.2, 0.25) is 0 Å². The van der Waals surface area contributed by atoms with E-state index in [1.54, 1.807) is 0 Å². The molecule has 5 rings (SSSR count). The smallest absolute Gasteiger partial charge is 0.216 e. The number of allylic oxidation sites excluding steroid dienone is 2. The molecule has 3 aliphatic rings. The summed E-state index contributed by atoms with van der Waals surface area (Å²) in [7, 11) is 0. The highest BCUT2D eigenvalue weighted by Gasteiger charge is 2.38. The normalized spacial score (nSPS) is 25.8. The van der Waals surface area contributed by atoms with Crippen molar-refractivity contribution in [2.75, 3.05) is 18.2 Å². The third-order valence-corrected chi connectivity index (χ3v) is 5.84. The molecular formula is C20H26N6. The van der Waals surface area contributed by atoms with Crippen molar-refractivity contribution in [3.05, 3.63) is 36.4 Å². The lowest BCUT2D eigenvalue weighted by Gasteiger charge is -2.44. The Hall–Kier alpha value is -2.34. The maximum absolute atomic E-state index is 5.00. The molecule has 1 aliphatic carbocycles. The van der Waals surface area contributed by atoms with Crippen LogP contribution in [0.25, 0.3) is 11.0 Å². The second-order valence-corrected chi connectivity index (χ2v) is 7.78. The van der Waals surface area contributed by atoms with Gasteiger partial charge in [-0.1, -0.05) is 24.3 Å². The van der Waals surface area contributed by atoms with Gasteiger partial charge in [0.25, 0.3) is 0 Å². The number of hydrogen-bond donors (Lipinski definition) is 1. The van der Waals surface area contributed by atoms with E-state index < -0.39 is 0 Å². The molecule has 0 spiro atoms. The van der Waals surface area contributed by atoms with E-state index in [4.69, 9.17) is 9.98 Å². The van der Waals surface area contributed by atoms with E-state index in [2.05, 4.69) is 69.9 Å². The molecule has 2 aliphatic heterocycles. The first-order valence-electron chi connectivity index (χ1n) is 9.67. The van der Waals surface area contributed by atoms with Crippen LogP contribution in [0.4, 0.5) is 5.95 Å². The van der Waals surface area contributed by atoms with Gasteiger partial charge in [0.15, 0.2) is 0 Å². The van der Waals surface area contributed by atoms with Crippen LogP contribution in [0.3, 0.4) is 0 Å². The molecule has 3 heterocycles. The predicted molar refractivity (Wildman–Crippen MR) is 105 cm³/mol. The lowest BCUT2D eigenvalue weighted by Crippen LogP contribution is -2.59. The van der Waals surface area contributed by atoms with Crippen LogP contribution >= 0.6 is 0 Å². The number of aromatic nitrogens is 2. The molecule has 0 fully saturated rings. The van der Waals surface area contributed by atoms with Crippen molar-refractivity contribution >= 4 is 22.9 Å². The molecule has 0 radical (unpaired) electrons. The summed E-state index contributed by atoms with van der Waals surface area (Å²) >= 11 is 0. The van der Waals surface area contributed by atoms with Crippen molar-refractivity contribution in [2.24, 2.45) is 10.9 Å². The van der Waals surface area contributed by atoms with Crippen molar-refractivity contribution in [3.63, 3.8) is 0 Å². The third kappa shape index (κ3) is 2.43. The lowest BCUT2D eigenvalue weighted by atomic mass is 9.91. The van der Waals surface area contributed by atoms with Crippen LogP contribution in [-0.4, -0.2) is 39.8 Å². The highest BCUT2D eigenvalue weighted by atomic mass is 15.5. The molecule has 136 valence electrons. The second-order valence-electron chi connectivity index (χ2n) is 7.78. The van der Waals surface area contributed by atoms with E-state index in [-0.39, 0.29) is 6.17 Å². The van der Waals surface area contributed by atoms with Crippen LogP contribution in [0, 0.1) is 5.92 Å². The molecule has 2 unspecified atom stereocenters. The first-order chi connectivity index (χ1) is 12.7. The molecule has 6 nitrogen and oxygen atoms in total. The number of guanidine groups is 1. The average Bonchev–Trinajstić information content (AvgIpc) is 3.07. The molecule has 0 saturated heterocycles. The highest BCUT2D eigenvalue weighted by Crippen LogP contribution is 2.37. The molecule has 0 amide bonds. The number of fused-ring (bicyclic) bond motifs is 5. The van der Waals surface area contributed by atoms with E-state index in [9.17, 15) is 0 Å². The van der Waals surface area contributed by atoms with Gasteiger partial charge < -0.3 is 5.32 Å². The van der Waals surface area contributed by atoms with Gasteiger partial charge in [0.05, 0.1) is 24.4 Å². The third-order valence-electron chi connectivity index (χ3n) is 5.84. The zero-order valence-corrected chi connectivity index (χ0v) is 15.5. The molecule has 1 aromatic heterocycles. The molecule has 1 N–H and O–H groups in total. The van der Waals surface area contributed by atoms with Crippen molar-refractivity contribution in [1.82, 2.24) is 19.8 Å². The maximum atomic E-state index is 5.00. The molecule has 1 aromatic carbocycles. The minimum Gasteiger partial charge on any atom is -0.335 e. The molecule has 6 heteroatoms. The summed E-state index contributed by atoms with van der Waals surface area (Å²) in [6.07, 6.45) is 8.30. The fourth-order valence-electron chi connectivity index (χ4n) is 4.27. The quantitative estimate of drug-likeness (QED) is 0.845. The number of anilines is 1. The molecular weight excluding hydrogens is 324 g/mol. The summed E-state index contributed by atoms with van der Waals surface area (Å²) in [5.74, 6) is 2.56. The van der Waals surface area contributed by atoms with E-state index in [0.29, 0.717) is 12.0 Å². The van der Waals surface area contributed by atoms with E-state index >= 15 is 0 Å². The van der Waals surface area contributed by atoms with E-state index in [0.717, 1.165) is 43.6 Å². The summed E-state index contributed by atoms with van der Waals surface area (Å²) < 4.78 is 2.40. The number of para-hydroxylation sites is 2. The summed E-state index contributed by atoms with van der Waals surface area (Å²) in [5.41, 5.74) is 2.26. The monoisotopic (exact) mass is 350 g/mol. The Morgan fingerprint density at radius 2 is 2.08 bits per heavy atom. The minimum absolute atomic E-state index is 0.211. The first kappa shape index (κ1) is 15.9. The van der Waals surface area contributed by atoms with Gasteiger partial charge in [-0.2, -0.15) is 0 Å². The van der Waals surface area contributed by atoms with Crippen molar-refractivity contribution in [2.45, 2.75) is 45.3 Å². The van der Waals surface area contributed by atoms with Crippen LogP contribution in [0.15, 0.2) is 41.4 Å². The summed E-state index contributed by atoms with van der Waals surface area (Å²) in [6, 6.07) is 8.93. The van der Waals surface area contributed by atoms with Gasteiger partial charge in [-0.25, -0.2) is 9.98 Å². The topological polar surface area (TPSA) is 48.7 Å². The zero-order valence-electron chi connectivity index (χ0n) is 15.5. The van der Waals surface area contributed by atoms with Gasteiger partial charge in [-0.3, -0.25) is 14.4 Å². The Labute approximate surface area is 154 Å². The molecule has 26 heavy (non-hydrogen) atoms. The van der Waals surface area contributed by atoms with Gasteiger partial charge in [-0.05, 0) is 45.2 Å². The van der Waals surface area contributed by atoms with E-state index in [1.807, 2.05) is 0 Å². The maximum Gasteiger partial charge on any atom is 0.216 e. The summed E-state index contributed by atoms with van der Waals surface area (Å²) in [5, 5.41) is 3.76. The highest BCUT2D eigenvalue weighted by molar-refractivity contribution is 5.98. The standard InChI is InChI=1S/C20H26N6/c1-14(2)24-12-21-19-23-18(15-8-4-3-5-9-15)26-17-11-7-6-10-16(17)22-20(26)25(19)13-24/h3-4,6-7,10-11,14-15,18H,5,8-9,12-13H2,1-2H3,(H,21,23). The largest absolute Gasteiger partial charge is 0.335 e. The number of hydrogen-bond acceptors (Lipinski definition) is 5. The van der Waals surface area contributed by atoms with Gasteiger partial charge in [0.2, 0.25) is 11.9 Å².